The second kappa shape index (κ2) is 7.87. The van der Waals surface area contributed by atoms with Crippen molar-refractivity contribution in [1.82, 2.24) is 9.80 Å². The first-order valence-corrected chi connectivity index (χ1v) is 9.11. The number of carbonyl (C=O) groups excluding carboxylic acids is 1. The molecule has 2 fully saturated rings. The van der Waals surface area contributed by atoms with Gasteiger partial charge in [-0.3, -0.25) is 14.5 Å². The van der Waals surface area contributed by atoms with E-state index in [1.807, 2.05) is 0 Å². The average molecular weight is 345 g/mol. The highest BCUT2D eigenvalue weighted by Crippen LogP contribution is 2.22. The number of piperazine rings is 1. The maximum Gasteiger partial charge on any atom is 0.323 e. The lowest BCUT2D eigenvalue weighted by Crippen LogP contribution is -2.55. The van der Waals surface area contributed by atoms with Gasteiger partial charge in [0.2, 0.25) is 5.91 Å². The normalized spacial score (nSPS) is 22.8. The molecule has 0 aromatic heterocycles. The molecule has 0 saturated carbocycles. The summed E-state index contributed by atoms with van der Waals surface area (Å²) < 4.78 is 0. The van der Waals surface area contributed by atoms with Crippen LogP contribution in [0.4, 0.5) is 5.69 Å². The zero-order valence-corrected chi connectivity index (χ0v) is 14.9. The Hall–Kier alpha value is -2.08. The Morgan fingerprint density at radius 1 is 1.16 bits per heavy atom. The standard InChI is InChI=1S/C19H27N3O3/c1-15-5-4-6-16(13-15)20-9-11-21(12-10-20)17-7-2-3-8-22(19(17)25)14-18(23)24/h4-6,13,17H,2-3,7-12,14H2,1H3,(H,23,24). The minimum atomic E-state index is -0.932. The number of aryl methyl sites for hydroxylation is 1. The number of nitrogens with zero attached hydrogens (tertiary/aromatic N) is 3. The predicted octanol–water partition coefficient (Wildman–Crippen LogP) is 1.58. The molecule has 1 N–H and O–H groups in total. The zero-order chi connectivity index (χ0) is 17.8. The molecular formula is C19H27N3O3. The van der Waals surface area contributed by atoms with Crippen molar-refractivity contribution < 1.29 is 14.7 Å². The molecule has 0 radical (unpaired) electrons. The number of anilines is 1. The maximum atomic E-state index is 12.8. The molecule has 3 rings (SSSR count). The summed E-state index contributed by atoms with van der Waals surface area (Å²) in [6.07, 6.45) is 2.70. The van der Waals surface area contributed by atoms with Gasteiger partial charge >= 0.3 is 5.97 Å². The zero-order valence-electron chi connectivity index (χ0n) is 14.9. The largest absolute Gasteiger partial charge is 0.480 e. The highest BCUT2D eigenvalue weighted by atomic mass is 16.4. The number of hydrogen-bond donors (Lipinski definition) is 1. The van der Waals surface area contributed by atoms with Crippen LogP contribution in [0.25, 0.3) is 0 Å². The lowest BCUT2D eigenvalue weighted by atomic mass is 10.1. The van der Waals surface area contributed by atoms with Crippen molar-refractivity contribution in [2.45, 2.75) is 32.2 Å². The third-order valence-corrected chi connectivity index (χ3v) is 5.20. The molecule has 1 aromatic carbocycles. The van der Waals surface area contributed by atoms with E-state index < -0.39 is 5.97 Å². The molecule has 0 bridgehead atoms. The number of rotatable bonds is 4. The highest BCUT2D eigenvalue weighted by molar-refractivity contribution is 5.85. The Balaban J connectivity index is 1.63. The summed E-state index contributed by atoms with van der Waals surface area (Å²) in [6.45, 7) is 5.94. The van der Waals surface area contributed by atoms with Gasteiger partial charge in [-0.15, -0.1) is 0 Å². The van der Waals surface area contributed by atoms with Gasteiger partial charge in [0.15, 0.2) is 0 Å². The molecule has 1 unspecified atom stereocenters. The van der Waals surface area contributed by atoms with Crippen molar-refractivity contribution in [1.29, 1.82) is 0 Å². The van der Waals surface area contributed by atoms with Crippen LogP contribution in [-0.2, 0) is 9.59 Å². The fourth-order valence-electron chi connectivity index (χ4n) is 3.86. The van der Waals surface area contributed by atoms with E-state index in [0.29, 0.717) is 6.54 Å². The monoisotopic (exact) mass is 345 g/mol. The molecule has 6 heteroatoms. The number of benzene rings is 1. The van der Waals surface area contributed by atoms with Crippen LogP contribution < -0.4 is 4.90 Å². The van der Waals surface area contributed by atoms with Crippen molar-refractivity contribution in [3.63, 3.8) is 0 Å². The number of amides is 1. The minimum Gasteiger partial charge on any atom is -0.480 e. The van der Waals surface area contributed by atoms with Gasteiger partial charge in [0.1, 0.15) is 6.54 Å². The molecule has 2 heterocycles. The summed E-state index contributed by atoms with van der Waals surface area (Å²) >= 11 is 0. The second-order valence-corrected chi connectivity index (χ2v) is 7.03. The lowest BCUT2D eigenvalue weighted by molar-refractivity contribution is -0.146. The number of likely N-dealkylation sites (tertiary alicyclic amines) is 1. The number of carboxylic acid groups (broad SMARTS) is 1. The van der Waals surface area contributed by atoms with Gasteiger partial charge in [0.05, 0.1) is 6.04 Å². The average Bonchev–Trinajstić information content (AvgIpc) is 2.77. The van der Waals surface area contributed by atoms with E-state index in [4.69, 9.17) is 5.11 Å². The molecule has 1 atom stereocenters. The Kier molecular flexibility index (Phi) is 5.58. The topological polar surface area (TPSA) is 64.1 Å². The predicted molar refractivity (Wildman–Crippen MR) is 96.8 cm³/mol. The van der Waals surface area contributed by atoms with Crippen molar-refractivity contribution in [3.8, 4) is 0 Å². The summed E-state index contributed by atoms with van der Waals surface area (Å²) in [4.78, 5) is 29.9. The van der Waals surface area contributed by atoms with Crippen LogP contribution in [0.5, 0.6) is 0 Å². The van der Waals surface area contributed by atoms with Gasteiger partial charge in [-0.1, -0.05) is 12.1 Å². The molecule has 1 aromatic rings. The third kappa shape index (κ3) is 4.31. The quantitative estimate of drug-likeness (QED) is 0.898. The molecule has 136 valence electrons. The summed E-state index contributed by atoms with van der Waals surface area (Å²) in [5.74, 6) is -0.942. The van der Waals surface area contributed by atoms with E-state index in [0.717, 1.165) is 45.4 Å². The molecule has 2 aliphatic rings. The molecule has 1 amide bonds. The number of carbonyl (C=O) groups is 2. The van der Waals surface area contributed by atoms with Gasteiger partial charge in [0.25, 0.3) is 0 Å². The van der Waals surface area contributed by atoms with Crippen molar-refractivity contribution >= 4 is 17.6 Å². The minimum absolute atomic E-state index is 0.0103. The van der Waals surface area contributed by atoms with Gasteiger partial charge in [-0.25, -0.2) is 0 Å². The number of hydrogen-bond acceptors (Lipinski definition) is 4. The first-order valence-electron chi connectivity index (χ1n) is 9.11. The fraction of sp³-hybridized carbons (Fsp3) is 0.579. The molecule has 2 saturated heterocycles. The van der Waals surface area contributed by atoms with E-state index in [-0.39, 0.29) is 18.5 Å². The Bertz CT molecular complexity index is 626. The maximum absolute atomic E-state index is 12.8. The second-order valence-electron chi connectivity index (χ2n) is 7.03. The van der Waals surface area contributed by atoms with E-state index in [1.165, 1.54) is 16.2 Å². The fourth-order valence-corrected chi connectivity index (χ4v) is 3.86. The third-order valence-electron chi connectivity index (χ3n) is 5.20. The van der Waals surface area contributed by atoms with Gasteiger partial charge in [0, 0.05) is 38.4 Å². The van der Waals surface area contributed by atoms with Crippen molar-refractivity contribution in [3.05, 3.63) is 29.8 Å². The van der Waals surface area contributed by atoms with Gasteiger partial charge in [-0.05, 0) is 43.9 Å². The lowest BCUT2D eigenvalue weighted by Gasteiger charge is -2.40. The van der Waals surface area contributed by atoms with Crippen LogP contribution in [0.1, 0.15) is 24.8 Å². The van der Waals surface area contributed by atoms with Crippen LogP contribution in [0.15, 0.2) is 24.3 Å². The van der Waals surface area contributed by atoms with Crippen LogP contribution >= 0.6 is 0 Å². The molecule has 2 aliphatic heterocycles. The van der Waals surface area contributed by atoms with Crippen LogP contribution in [0, 0.1) is 6.92 Å². The van der Waals surface area contributed by atoms with E-state index in [9.17, 15) is 9.59 Å². The van der Waals surface area contributed by atoms with Crippen molar-refractivity contribution in [2.75, 3.05) is 44.2 Å². The summed E-state index contributed by atoms with van der Waals surface area (Å²) in [6, 6.07) is 8.34. The van der Waals surface area contributed by atoms with Crippen molar-refractivity contribution in [2.24, 2.45) is 0 Å². The van der Waals surface area contributed by atoms with Crippen LogP contribution in [0.3, 0.4) is 0 Å². The van der Waals surface area contributed by atoms with E-state index >= 15 is 0 Å². The van der Waals surface area contributed by atoms with E-state index in [1.54, 1.807) is 0 Å². The molecule has 6 nitrogen and oxygen atoms in total. The smallest absolute Gasteiger partial charge is 0.323 e. The molecular weight excluding hydrogens is 318 g/mol. The molecule has 0 spiro atoms. The first-order chi connectivity index (χ1) is 12.0. The Morgan fingerprint density at radius 3 is 2.60 bits per heavy atom. The number of carboxylic acids is 1. The van der Waals surface area contributed by atoms with Crippen LogP contribution in [0.2, 0.25) is 0 Å². The van der Waals surface area contributed by atoms with Gasteiger partial charge < -0.3 is 14.9 Å². The summed E-state index contributed by atoms with van der Waals surface area (Å²) in [5.41, 5.74) is 2.49. The molecule has 25 heavy (non-hydrogen) atoms. The Morgan fingerprint density at radius 2 is 1.92 bits per heavy atom. The summed E-state index contributed by atoms with van der Waals surface area (Å²) in [5, 5.41) is 9.04. The first kappa shape index (κ1) is 17.7. The van der Waals surface area contributed by atoms with E-state index in [2.05, 4.69) is 41.0 Å². The number of aliphatic carboxylic acids is 1. The van der Waals surface area contributed by atoms with Crippen LogP contribution in [-0.4, -0.2) is 72.1 Å². The summed E-state index contributed by atoms with van der Waals surface area (Å²) in [7, 11) is 0. The molecule has 0 aliphatic carbocycles. The van der Waals surface area contributed by atoms with Gasteiger partial charge in [-0.2, -0.15) is 0 Å². The Labute approximate surface area is 149 Å². The highest BCUT2D eigenvalue weighted by Gasteiger charge is 2.34. The SMILES string of the molecule is Cc1cccc(N2CCN(C3CCCCN(CC(=O)O)C3=O)CC2)c1.